The lowest BCUT2D eigenvalue weighted by Crippen LogP contribution is -2.41. The highest BCUT2D eigenvalue weighted by Crippen LogP contribution is 2.16. The Hall–Kier alpha value is -1.79. The number of aliphatic hydroxyl groups is 1. The standard InChI is InChI=1S/C16H22N4O2/c1-12-4-7-19(8-5-12)10-13(21)11-20-16(22)14-3-2-6-17-15(14)9-18-20/h2-3,6,9,12-13,21H,4-5,7-8,10-11H2,1H3/t13-/m1/s1. The van der Waals surface area contributed by atoms with Gasteiger partial charge in [0.05, 0.1) is 29.7 Å². The summed E-state index contributed by atoms with van der Waals surface area (Å²) in [5, 5.41) is 14.9. The summed E-state index contributed by atoms with van der Waals surface area (Å²) < 4.78 is 1.33. The van der Waals surface area contributed by atoms with Crippen molar-refractivity contribution >= 4 is 10.9 Å². The Morgan fingerprint density at radius 2 is 2.14 bits per heavy atom. The predicted octanol–water partition coefficient (Wildman–Crippen LogP) is 0.884. The number of piperidine rings is 1. The second-order valence-electron chi connectivity index (χ2n) is 6.20. The molecule has 0 aliphatic carbocycles. The first-order valence-corrected chi connectivity index (χ1v) is 7.85. The van der Waals surface area contributed by atoms with Crippen molar-refractivity contribution < 1.29 is 5.11 Å². The minimum Gasteiger partial charge on any atom is -0.390 e. The van der Waals surface area contributed by atoms with Crippen LogP contribution >= 0.6 is 0 Å². The zero-order valence-electron chi connectivity index (χ0n) is 12.9. The lowest BCUT2D eigenvalue weighted by molar-refractivity contribution is 0.0768. The third-order valence-corrected chi connectivity index (χ3v) is 4.35. The first-order chi connectivity index (χ1) is 10.6. The quantitative estimate of drug-likeness (QED) is 0.908. The van der Waals surface area contributed by atoms with Crippen LogP contribution in [0.5, 0.6) is 0 Å². The SMILES string of the molecule is CC1CCN(C[C@@H](O)Cn2ncc3ncccc3c2=O)CC1. The summed E-state index contributed by atoms with van der Waals surface area (Å²) in [5.74, 6) is 0.769. The fourth-order valence-electron chi connectivity index (χ4n) is 2.95. The van der Waals surface area contributed by atoms with Gasteiger partial charge in [0.15, 0.2) is 0 Å². The zero-order valence-corrected chi connectivity index (χ0v) is 12.9. The molecular formula is C16H22N4O2. The summed E-state index contributed by atoms with van der Waals surface area (Å²) in [4.78, 5) is 18.7. The van der Waals surface area contributed by atoms with Gasteiger partial charge < -0.3 is 10.0 Å². The minimum absolute atomic E-state index is 0.197. The van der Waals surface area contributed by atoms with Gasteiger partial charge in [-0.1, -0.05) is 6.92 Å². The van der Waals surface area contributed by atoms with Crippen molar-refractivity contribution in [2.75, 3.05) is 19.6 Å². The third-order valence-electron chi connectivity index (χ3n) is 4.35. The molecule has 0 aromatic carbocycles. The number of hydrogen-bond acceptors (Lipinski definition) is 5. The van der Waals surface area contributed by atoms with E-state index >= 15 is 0 Å². The van der Waals surface area contributed by atoms with E-state index in [1.54, 1.807) is 24.5 Å². The molecule has 1 aliphatic heterocycles. The van der Waals surface area contributed by atoms with Gasteiger partial charge in [-0.05, 0) is 44.0 Å². The van der Waals surface area contributed by atoms with Gasteiger partial charge in [-0.3, -0.25) is 9.78 Å². The van der Waals surface area contributed by atoms with E-state index < -0.39 is 6.10 Å². The molecule has 2 aromatic heterocycles. The van der Waals surface area contributed by atoms with Crippen LogP contribution in [0.25, 0.3) is 10.9 Å². The summed E-state index contributed by atoms with van der Waals surface area (Å²) in [6.07, 6.45) is 4.97. The first kappa shape index (κ1) is 15.1. The molecule has 1 fully saturated rings. The van der Waals surface area contributed by atoms with Crippen molar-refractivity contribution in [2.24, 2.45) is 5.92 Å². The van der Waals surface area contributed by atoms with Gasteiger partial charge in [0.2, 0.25) is 0 Å². The average molecular weight is 302 g/mol. The Morgan fingerprint density at radius 1 is 1.36 bits per heavy atom. The minimum atomic E-state index is -0.590. The molecule has 3 rings (SSSR count). The summed E-state index contributed by atoms with van der Waals surface area (Å²) in [6.45, 7) is 5.10. The van der Waals surface area contributed by atoms with Crippen LogP contribution in [0.1, 0.15) is 19.8 Å². The van der Waals surface area contributed by atoms with Crippen molar-refractivity contribution in [1.29, 1.82) is 0 Å². The lowest BCUT2D eigenvalue weighted by Gasteiger charge is -2.31. The number of β-amino-alcohol motifs (C(OH)–C–C–N with tert-alkyl or cyclic N) is 1. The van der Waals surface area contributed by atoms with Crippen molar-refractivity contribution in [1.82, 2.24) is 19.7 Å². The van der Waals surface area contributed by atoms with Crippen molar-refractivity contribution in [3.8, 4) is 0 Å². The Labute approximate surface area is 129 Å². The van der Waals surface area contributed by atoms with E-state index in [1.165, 1.54) is 17.5 Å². The van der Waals surface area contributed by atoms with Crippen molar-refractivity contribution in [3.63, 3.8) is 0 Å². The second-order valence-corrected chi connectivity index (χ2v) is 6.20. The predicted molar refractivity (Wildman–Crippen MR) is 84.6 cm³/mol. The number of fused-ring (bicyclic) bond motifs is 1. The molecule has 1 atom stereocenters. The number of likely N-dealkylation sites (tertiary alicyclic amines) is 1. The Kier molecular flexibility index (Phi) is 4.49. The van der Waals surface area contributed by atoms with Crippen LogP contribution < -0.4 is 5.56 Å². The number of pyridine rings is 1. The molecule has 6 nitrogen and oxygen atoms in total. The van der Waals surface area contributed by atoms with E-state index in [4.69, 9.17) is 0 Å². The van der Waals surface area contributed by atoms with Gasteiger partial charge in [0.25, 0.3) is 5.56 Å². The van der Waals surface area contributed by atoms with Crippen molar-refractivity contribution in [3.05, 3.63) is 34.9 Å². The van der Waals surface area contributed by atoms with Crippen LogP contribution in [0, 0.1) is 5.92 Å². The number of aromatic nitrogens is 3. The summed E-state index contributed by atoms with van der Waals surface area (Å²) in [6, 6.07) is 3.47. The van der Waals surface area contributed by atoms with E-state index in [0.29, 0.717) is 17.4 Å². The van der Waals surface area contributed by atoms with Crippen molar-refractivity contribution in [2.45, 2.75) is 32.4 Å². The fourth-order valence-corrected chi connectivity index (χ4v) is 2.95. The maximum atomic E-state index is 12.3. The normalized spacial score (nSPS) is 18.6. The third kappa shape index (κ3) is 3.34. The van der Waals surface area contributed by atoms with Gasteiger partial charge in [0.1, 0.15) is 0 Å². The number of hydrogen-bond donors (Lipinski definition) is 1. The Bertz CT molecular complexity index is 692. The van der Waals surface area contributed by atoms with Crippen LogP contribution in [-0.2, 0) is 6.54 Å². The smallest absolute Gasteiger partial charge is 0.276 e. The van der Waals surface area contributed by atoms with Crippen LogP contribution in [0.2, 0.25) is 0 Å². The molecule has 0 unspecified atom stereocenters. The molecule has 6 heteroatoms. The Balaban J connectivity index is 1.67. The maximum Gasteiger partial charge on any atom is 0.276 e. The first-order valence-electron chi connectivity index (χ1n) is 7.85. The van der Waals surface area contributed by atoms with Gasteiger partial charge in [0, 0.05) is 12.7 Å². The molecule has 1 saturated heterocycles. The van der Waals surface area contributed by atoms with Crippen LogP contribution in [0.15, 0.2) is 29.3 Å². The van der Waals surface area contributed by atoms with E-state index in [1.807, 2.05) is 0 Å². The van der Waals surface area contributed by atoms with E-state index in [2.05, 4.69) is 21.9 Å². The van der Waals surface area contributed by atoms with Gasteiger partial charge in [-0.15, -0.1) is 0 Å². The lowest BCUT2D eigenvalue weighted by atomic mass is 9.99. The molecule has 0 radical (unpaired) electrons. The number of aliphatic hydroxyl groups excluding tert-OH is 1. The molecule has 0 spiro atoms. The molecule has 22 heavy (non-hydrogen) atoms. The summed E-state index contributed by atoms with van der Waals surface area (Å²) >= 11 is 0. The second kappa shape index (κ2) is 6.54. The van der Waals surface area contributed by atoms with E-state index in [-0.39, 0.29) is 12.1 Å². The molecule has 2 aromatic rings. The molecule has 118 valence electrons. The highest BCUT2D eigenvalue weighted by molar-refractivity contribution is 5.75. The van der Waals surface area contributed by atoms with Gasteiger partial charge in [-0.2, -0.15) is 5.10 Å². The summed E-state index contributed by atoms with van der Waals surface area (Å²) in [7, 11) is 0. The molecule has 0 amide bonds. The highest BCUT2D eigenvalue weighted by Gasteiger charge is 2.19. The molecule has 0 bridgehead atoms. The highest BCUT2D eigenvalue weighted by atomic mass is 16.3. The zero-order chi connectivity index (χ0) is 15.5. The molecule has 1 N–H and O–H groups in total. The van der Waals surface area contributed by atoms with E-state index in [0.717, 1.165) is 19.0 Å². The average Bonchev–Trinajstić information content (AvgIpc) is 2.53. The largest absolute Gasteiger partial charge is 0.390 e. The molecule has 0 saturated carbocycles. The molecule has 1 aliphatic rings. The van der Waals surface area contributed by atoms with Crippen LogP contribution in [-0.4, -0.2) is 50.5 Å². The molecular weight excluding hydrogens is 280 g/mol. The topological polar surface area (TPSA) is 71.2 Å². The fraction of sp³-hybridized carbons (Fsp3) is 0.562. The molecule has 3 heterocycles. The monoisotopic (exact) mass is 302 g/mol. The van der Waals surface area contributed by atoms with E-state index in [9.17, 15) is 9.90 Å². The number of rotatable bonds is 4. The number of nitrogens with zero attached hydrogens (tertiary/aromatic N) is 4. The van der Waals surface area contributed by atoms with Gasteiger partial charge >= 0.3 is 0 Å². The van der Waals surface area contributed by atoms with Crippen LogP contribution in [0.3, 0.4) is 0 Å². The maximum absolute atomic E-state index is 12.3. The summed E-state index contributed by atoms with van der Waals surface area (Å²) in [5.41, 5.74) is 0.389. The Morgan fingerprint density at radius 3 is 2.91 bits per heavy atom. The van der Waals surface area contributed by atoms with Gasteiger partial charge in [-0.25, -0.2) is 4.68 Å². The van der Waals surface area contributed by atoms with Crippen LogP contribution in [0.4, 0.5) is 0 Å².